The SMILES string of the molecule is Cn1ncc(OC[C@H]2CCCN2C(=O)OC(C)(C)C)c1-c1ccn2nc(N)cc2c1. The third-order valence-electron chi connectivity index (χ3n) is 5.10. The van der Waals surface area contributed by atoms with Gasteiger partial charge in [0.05, 0.1) is 17.8 Å². The van der Waals surface area contributed by atoms with Crippen molar-refractivity contribution in [3.8, 4) is 17.0 Å². The Bertz CT molecular complexity index is 1060. The van der Waals surface area contributed by atoms with Gasteiger partial charge in [-0.15, -0.1) is 0 Å². The zero-order chi connectivity index (χ0) is 21.5. The van der Waals surface area contributed by atoms with Gasteiger partial charge in [0.2, 0.25) is 0 Å². The second kappa shape index (κ2) is 7.55. The summed E-state index contributed by atoms with van der Waals surface area (Å²) in [4.78, 5) is 14.3. The topological polar surface area (TPSA) is 99.9 Å². The molecule has 1 amide bonds. The van der Waals surface area contributed by atoms with E-state index in [1.807, 2.05) is 52.2 Å². The Morgan fingerprint density at radius 2 is 2.13 bits per heavy atom. The molecule has 0 saturated carbocycles. The van der Waals surface area contributed by atoms with E-state index in [1.165, 1.54) is 0 Å². The number of fused-ring (bicyclic) bond motifs is 1. The molecule has 0 spiro atoms. The summed E-state index contributed by atoms with van der Waals surface area (Å²) in [5, 5.41) is 8.58. The molecule has 4 rings (SSSR count). The lowest BCUT2D eigenvalue weighted by atomic mass is 10.1. The minimum Gasteiger partial charge on any atom is -0.487 e. The van der Waals surface area contributed by atoms with Gasteiger partial charge in [0.15, 0.2) is 5.75 Å². The average molecular weight is 412 g/mol. The number of aromatic nitrogens is 4. The standard InChI is InChI=1S/C21H28N6O3/c1-21(2,3)30-20(28)26-8-5-6-15(26)13-29-17-12-23-25(4)19(17)14-7-9-27-16(10-14)11-18(22)24-27/h7,9-12,15H,5-6,8,13H2,1-4H3,(H2,22,24)/t15-/m1/s1. The lowest BCUT2D eigenvalue weighted by Crippen LogP contribution is -2.42. The number of nitrogen functional groups attached to an aromatic ring is 1. The Hall–Kier alpha value is -3.23. The number of carbonyl (C=O) groups is 1. The van der Waals surface area contributed by atoms with Crippen LogP contribution in [0.15, 0.2) is 30.6 Å². The maximum atomic E-state index is 12.5. The van der Waals surface area contributed by atoms with Crippen molar-refractivity contribution in [1.82, 2.24) is 24.3 Å². The van der Waals surface area contributed by atoms with Crippen molar-refractivity contribution in [3.63, 3.8) is 0 Å². The summed E-state index contributed by atoms with van der Waals surface area (Å²) in [6.45, 7) is 6.69. The predicted octanol–water partition coefficient (Wildman–Crippen LogP) is 3.10. The third-order valence-corrected chi connectivity index (χ3v) is 5.10. The zero-order valence-electron chi connectivity index (χ0n) is 17.8. The lowest BCUT2D eigenvalue weighted by Gasteiger charge is -2.28. The van der Waals surface area contributed by atoms with Crippen LogP contribution in [0.5, 0.6) is 5.75 Å². The molecule has 1 aliphatic heterocycles. The van der Waals surface area contributed by atoms with Crippen LogP contribution in [-0.2, 0) is 11.8 Å². The molecule has 9 heteroatoms. The van der Waals surface area contributed by atoms with E-state index in [0.717, 1.165) is 29.6 Å². The number of rotatable bonds is 4. The maximum absolute atomic E-state index is 12.5. The van der Waals surface area contributed by atoms with Crippen LogP contribution in [0.4, 0.5) is 10.6 Å². The van der Waals surface area contributed by atoms with Crippen LogP contribution in [0.2, 0.25) is 0 Å². The number of amides is 1. The Labute approximate surface area is 175 Å². The average Bonchev–Trinajstić information content (AvgIpc) is 3.35. The van der Waals surface area contributed by atoms with Gasteiger partial charge in [0, 0.05) is 31.4 Å². The summed E-state index contributed by atoms with van der Waals surface area (Å²) in [5.41, 5.74) is 7.98. The number of carbonyl (C=O) groups excluding carboxylic acids is 1. The van der Waals surface area contributed by atoms with E-state index in [9.17, 15) is 4.79 Å². The number of likely N-dealkylation sites (tertiary alicyclic amines) is 1. The molecule has 160 valence electrons. The van der Waals surface area contributed by atoms with Crippen LogP contribution in [0, 0.1) is 0 Å². The monoisotopic (exact) mass is 412 g/mol. The molecule has 0 unspecified atom stereocenters. The fraction of sp³-hybridized carbons (Fsp3) is 0.476. The summed E-state index contributed by atoms with van der Waals surface area (Å²) in [6, 6.07) is 5.74. The summed E-state index contributed by atoms with van der Waals surface area (Å²) < 4.78 is 15.2. The molecule has 3 aromatic rings. The second-order valence-corrected chi connectivity index (χ2v) is 8.62. The number of anilines is 1. The first kappa shape index (κ1) is 20.1. The number of hydrogen-bond acceptors (Lipinski definition) is 6. The highest BCUT2D eigenvalue weighted by molar-refractivity contribution is 5.72. The normalized spacial score (nSPS) is 16.9. The summed E-state index contributed by atoms with van der Waals surface area (Å²) in [7, 11) is 1.87. The highest BCUT2D eigenvalue weighted by Gasteiger charge is 2.33. The third kappa shape index (κ3) is 4.05. The van der Waals surface area contributed by atoms with Crippen molar-refractivity contribution in [2.24, 2.45) is 7.05 Å². The van der Waals surface area contributed by atoms with Gasteiger partial charge < -0.3 is 20.1 Å². The molecule has 1 atom stereocenters. The van der Waals surface area contributed by atoms with E-state index in [2.05, 4.69) is 10.2 Å². The Balaban J connectivity index is 1.51. The van der Waals surface area contributed by atoms with Crippen molar-refractivity contribution >= 4 is 17.4 Å². The molecule has 9 nitrogen and oxygen atoms in total. The number of ether oxygens (including phenoxy) is 2. The molecule has 1 aliphatic rings. The van der Waals surface area contributed by atoms with E-state index in [1.54, 1.807) is 20.3 Å². The number of nitrogens with two attached hydrogens (primary N) is 1. The van der Waals surface area contributed by atoms with E-state index >= 15 is 0 Å². The predicted molar refractivity (Wildman–Crippen MR) is 113 cm³/mol. The van der Waals surface area contributed by atoms with E-state index < -0.39 is 5.60 Å². The van der Waals surface area contributed by atoms with E-state index in [-0.39, 0.29) is 12.1 Å². The molecule has 4 heterocycles. The van der Waals surface area contributed by atoms with Crippen LogP contribution in [0.1, 0.15) is 33.6 Å². The molecule has 1 saturated heterocycles. The van der Waals surface area contributed by atoms with E-state index in [4.69, 9.17) is 15.2 Å². The van der Waals surface area contributed by atoms with Gasteiger partial charge in [-0.25, -0.2) is 9.31 Å². The fourth-order valence-electron chi connectivity index (χ4n) is 3.77. The Morgan fingerprint density at radius 3 is 2.90 bits per heavy atom. The number of hydrogen-bond donors (Lipinski definition) is 1. The maximum Gasteiger partial charge on any atom is 0.410 e. The summed E-state index contributed by atoms with van der Waals surface area (Å²) in [5.74, 6) is 1.14. The molecular formula is C21H28N6O3. The molecule has 0 bridgehead atoms. The molecule has 1 fully saturated rings. The molecule has 3 aromatic heterocycles. The first-order valence-electron chi connectivity index (χ1n) is 10.1. The highest BCUT2D eigenvalue weighted by atomic mass is 16.6. The van der Waals surface area contributed by atoms with Gasteiger partial charge in [0.1, 0.15) is 23.7 Å². The largest absolute Gasteiger partial charge is 0.487 e. The summed E-state index contributed by atoms with van der Waals surface area (Å²) in [6.07, 6.45) is 5.10. The van der Waals surface area contributed by atoms with Gasteiger partial charge in [-0.3, -0.25) is 4.68 Å². The lowest BCUT2D eigenvalue weighted by molar-refractivity contribution is 0.0187. The van der Waals surface area contributed by atoms with Crippen molar-refractivity contribution in [1.29, 1.82) is 0 Å². The van der Waals surface area contributed by atoms with E-state index in [0.29, 0.717) is 24.7 Å². The Kier molecular flexibility index (Phi) is 5.05. The van der Waals surface area contributed by atoms with Crippen LogP contribution >= 0.6 is 0 Å². The van der Waals surface area contributed by atoms with Crippen molar-refractivity contribution in [2.75, 3.05) is 18.9 Å². The first-order chi connectivity index (χ1) is 14.2. The zero-order valence-corrected chi connectivity index (χ0v) is 17.8. The van der Waals surface area contributed by atoms with Gasteiger partial charge in [0.25, 0.3) is 0 Å². The van der Waals surface area contributed by atoms with Crippen molar-refractivity contribution in [3.05, 3.63) is 30.6 Å². The molecule has 0 radical (unpaired) electrons. The van der Waals surface area contributed by atoms with Crippen molar-refractivity contribution < 1.29 is 14.3 Å². The number of aryl methyl sites for hydroxylation is 1. The minimum atomic E-state index is -0.517. The smallest absolute Gasteiger partial charge is 0.410 e. The van der Waals surface area contributed by atoms with Crippen LogP contribution in [0.3, 0.4) is 0 Å². The first-order valence-corrected chi connectivity index (χ1v) is 10.1. The Morgan fingerprint density at radius 1 is 1.33 bits per heavy atom. The van der Waals surface area contributed by atoms with Crippen LogP contribution in [0.25, 0.3) is 16.8 Å². The number of pyridine rings is 1. The highest BCUT2D eigenvalue weighted by Crippen LogP contribution is 2.31. The van der Waals surface area contributed by atoms with Crippen LogP contribution in [-0.4, -0.2) is 55.2 Å². The fourth-order valence-corrected chi connectivity index (χ4v) is 3.77. The van der Waals surface area contributed by atoms with Crippen molar-refractivity contribution in [2.45, 2.75) is 45.3 Å². The van der Waals surface area contributed by atoms with Gasteiger partial charge in [-0.05, 0) is 45.7 Å². The molecule has 0 aromatic carbocycles. The molecule has 30 heavy (non-hydrogen) atoms. The van der Waals surface area contributed by atoms with Gasteiger partial charge >= 0.3 is 6.09 Å². The molecule has 0 aliphatic carbocycles. The second-order valence-electron chi connectivity index (χ2n) is 8.62. The van der Waals surface area contributed by atoms with Gasteiger partial charge in [-0.2, -0.15) is 10.2 Å². The summed E-state index contributed by atoms with van der Waals surface area (Å²) >= 11 is 0. The van der Waals surface area contributed by atoms with Gasteiger partial charge in [-0.1, -0.05) is 0 Å². The molecule has 2 N–H and O–H groups in total. The molecular weight excluding hydrogens is 384 g/mol. The number of nitrogens with zero attached hydrogens (tertiary/aromatic N) is 5. The quantitative estimate of drug-likeness (QED) is 0.707. The minimum absolute atomic E-state index is 0.0231. The van der Waals surface area contributed by atoms with Crippen LogP contribution < -0.4 is 10.5 Å².